The highest BCUT2D eigenvalue weighted by atomic mass is 16.5. The highest BCUT2D eigenvalue weighted by Gasteiger charge is 2.35. The van der Waals surface area contributed by atoms with Crippen LogP contribution in [0.5, 0.6) is 5.75 Å². The van der Waals surface area contributed by atoms with Crippen LogP contribution in [-0.2, 0) is 22.7 Å². The van der Waals surface area contributed by atoms with Crippen molar-refractivity contribution in [2.45, 2.75) is 51.9 Å². The van der Waals surface area contributed by atoms with Gasteiger partial charge in [-0.05, 0) is 44.5 Å². The summed E-state index contributed by atoms with van der Waals surface area (Å²) in [4.78, 5) is 33.6. The van der Waals surface area contributed by atoms with E-state index in [4.69, 9.17) is 4.74 Å². The standard InChI is InChI=1S/C28H32N6O3/c1-5-28(2,3)30-27(36)26(20-12-10-16-29-17-20)33(18-21-11-6-9-15-24(21)37-4)25(35)19-34-23-14-8-7-13-22(23)31-32-34/h6-17,26H,5,18-19H2,1-4H3,(H,30,36). The second-order valence-electron chi connectivity index (χ2n) is 9.48. The van der Waals surface area contributed by atoms with Crippen molar-refractivity contribution in [2.75, 3.05) is 7.11 Å². The number of para-hydroxylation sites is 2. The molecule has 4 rings (SSSR count). The maximum Gasteiger partial charge on any atom is 0.247 e. The zero-order chi connectivity index (χ0) is 26.4. The molecule has 9 nitrogen and oxygen atoms in total. The van der Waals surface area contributed by atoms with E-state index in [2.05, 4.69) is 20.6 Å². The molecule has 0 aliphatic rings. The molecule has 0 aliphatic heterocycles. The number of ether oxygens (including phenoxy) is 1. The van der Waals surface area contributed by atoms with Crippen LogP contribution in [0.4, 0.5) is 0 Å². The molecule has 0 bridgehead atoms. The summed E-state index contributed by atoms with van der Waals surface area (Å²) in [5, 5.41) is 11.5. The van der Waals surface area contributed by atoms with Gasteiger partial charge in [-0.2, -0.15) is 0 Å². The van der Waals surface area contributed by atoms with Gasteiger partial charge in [-0.3, -0.25) is 14.6 Å². The van der Waals surface area contributed by atoms with Crippen molar-refractivity contribution in [3.05, 3.63) is 84.2 Å². The first kappa shape index (κ1) is 25.8. The molecule has 0 saturated carbocycles. The fraction of sp³-hybridized carbons (Fsp3) is 0.321. The molecular weight excluding hydrogens is 468 g/mol. The lowest BCUT2D eigenvalue weighted by atomic mass is 9.99. The van der Waals surface area contributed by atoms with Crippen LogP contribution in [0.3, 0.4) is 0 Å². The third-order valence-electron chi connectivity index (χ3n) is 6.46. The van der Waals surface area contributed by atoms with E-state index in [9.17, 15) is 9.59 Å². The molecule has 0 fully saturated rings. The quantitative estimate of drug-likeness (QED) is 0.354. The number of methoxy groups -OCH3 is 1. The Bertz CT molecular complexity index is 1370. The van der Waals surface area contributed by atoms with Crippen molar-refractivity contribution in [2.24, 2.45) is 0 Å². The molecule has 1 N–H and O–H groups in total. The summed E-state index contributed by atoms with van der Waals surface area (Å²) in [5.41, 5.74) is 2.36. The first-order chi connectivity index (χ1) is 17.8. The van der Waals surface area contributed by atoms with Gasteiger partial charge in [0.05, 0.1) is 19.2 Å². The first-order valence-electron chi connectivity index (χ1n) is 12.2. The molecule has 2 amide bonds. The Hall–Kier alpha value is -4.27. The lowest BCUT2D eigenvalue weighted by molar-refractivity contribution is -0.143. The van der Waals surface area contributed by atoms with Gasteiger partial charge in [-0.25, -0.2) is 4.68 Å². The Balaban J connectivity index is 1.78. The molecule has 0 aliphatic carbocycles. The van der Waals surface area contributed by atoms with Gasteiger partial charge in [0.2, 0.25) is 11.8 Å². The molecule has 0 spiro atoms. The maximum absolute atomic E-state index is 14.0. The average molecular weight is 501 g/mol. The summed E-state index contributed by atoms with van der Waals surface area (Å²) >= 11 is 0. The molecule has 4 aromatic rings. The Labute approximate surface area is 216 Å². The number of carbonyl (C=O) groups is 2. The minimum Gasteiger partial charge on any atom is -0.496 e. The highest BCUT2D eigenvalue weighted by molar-refractivity contribution is 5.89. The van der Waals surface area contributed by atoms with Crippen LogP contribution in [0.1, 0.15) is 44.4 Å². The van der Waals surface area contributed by atoms with Crippen molar-refractivity contribution in [3.8, 4) is 5.75 Å². The van der Waals surface area contributed by atoms with Gasteiger partial charge in [0.1, 0.15) is 23.9 Å². The molecule has 0 radical (unpaired) electrons. The smallest absolute Gasteiger partial charge is 0.247 e. The predicted octanol–water partition coefficient (Wildman–Crippen LogP) is 3.91. The van der Waals surface area contributed by atoms with Crippen molar-refractivity contribution in [1.29, 1.82) is 0 Å². The van der Waals surface area contributed by atoms with Crippen LogP contribution in [-0.4, -0.2) is 49.3 Å². The number of nitrogens with zero attached hydrogens (tertiary/aromatic N) is 5. The van der Waals surface area contributed by atoms with Crippen molar-refractivity contribution < 1.29 is 14.3 Å². The van der Waals surface area contributed by atoms with Gasteiger partial charge in [0.15, 0.2) is 0 Å². The molecular formula is C28H32N6O3. The Morgan fingerprint density at radius 2 is 1.84 bits per heavy atom. The van der Waals surface area contributed by atoms with E-state index in [1.807, 2.05) is 75.4 Å². The molecule has 192 valence electrons. The van der Waals surface area contributed by atoms with E-state index in [0.717, 1.165) is 17.5 Å². The van der Waals surface area contributed by atoms with Crippen LogP contribution in [0.15, 0.2) is 73.1 Å². The van der Waals surface area contributed by atoms with Gasteiger partial charge >= 0.3 is 0 Å². The van der Waals surface area contributed by atoms with E-state index in [1.54, 1.807) is 35.2 Å². The van der Waals surface area contributed by atoms with E-state index in [-0.39, 0.29) is 24.9 Å². The van der Waals surface area contributed by atoms with Crippen LogP contribution in [0.2, 0.25) is 0 Å². The summed E-state index contributed by atoms with van der Waals surface area (Å²) in [6.07, 6.45) is 3.99. The molecule has 2 aromatic heterocycles. The Morgan fingerprint density at radius 3 is 2.57 bits per heavy atom. The van der Waals surface area contributed by atoms with Gasteiger partial charge in [0, 0.05) is 29.1 Å². The zero-order valence-electron chi connectivity index (χ0n) is 21.6. The van der Waals surface area contributed by atoms with Crippen molar-refractivity contribution in [3.63, 3.8) is 0 Å². The Kier molecular flexibility index (Phi) is 7.81. The lowest BCUT2D eigenvalue weighted by Crippen LogP contribution is -2.50. The van der Waals surface area contributed by atoms with Crippen molar-refractivity contribution >= 4 is 22.8 Å². The second kappa shape index (κ2) is 11.2. The molecule has 1 unspecified atom stereocenters. The summed E-state index contributed by atoms with van der Waals surface area (Å²) < 4.78 is 7.11. The maximum atomic E-state index is 14.0. The molecule has 37 heavy (non-hydrogen) atoms. The van der Waals surface area contributed by atoms with Crippen LogP contribution in [0.25, 0.3) is 11.0 Å². The topological polar surface area (TPSA) is 102 Å². The van der Waals surface area contributed by atoms with Crippen LogP contribution in [0, 0.1) is 0 Å². The third-order valence-corrected chi connectivity index (χ3v) is 6.46. The lowest BCUT2D eigenvalue weighted by Gasteiger charge is -2.34. The number of nitrogens with one attached hydrogen (secondary N) is 1. The fourth-order valence-electron chi connectivity index (χ4n) is 4.09. The van der Waals surface area contributed by atoms with E-state index in [1.165, 1.54) is 0 Å². The van der Waals surface area contributed by atoms with Gasteiger partial charge in [-0.1, -0.05) is 48.5 Å². The monoisotopic (exact) mass is 500 g/mol. The largest absolute Gasteiger partial charge is 0.496 e. The highest BCUT2D eigenvalue weighted by Crippen LogP contribution is 2.28. The number of pyridine rings is 1. The zero-order valence-corrected chi connectivity index (χ0v) is 21.6. The molecule has 2 aromatic carbocycles. The van der Waals surface area contributed by atoms with Crippen LogP contribution >= 0.6 is 0 Å². The molecule has 2 heterocycles. The SMILES string of the molecule is CCC(C)(C)NC(=O)C(c1cccnc1)N(Cc1ccccc1OC)C(=O)Cn1nnc2ccccc21. The summed E-state index contributed by atoms with van der Waals surface area (Å²) in [5.74, 6) is 0.0529. The molecule has 9 heteroatoms. The molecule has 1 atom stereocenters. The second-order valence-corrected chi connectivity index (χ2v) is 9.48. The average Bonchev–Trinajstić information content (AvgIpc) is 3.31. The van der Waals surface area contributed by atoms with Gasteiger partial charge < -0.3 is 15.0 Å². The minimum absolute atomic E-state index is 0.0864. The summed E-state index contributed by atoms with van der Waals surface area (Å²) in [6, 6.07) is 17.6. The number of rotatable bonds is 10. The number of hydrogen-bond acceptors (Lipinski definition) is 6. The number of aromatic nitrogens is 4. The number of hydrogen-bond donors (Lipinski definition) is 1. The number of benzene rings is 2. The summed E-state index contributed by atoms with van der Waals surface area (Å²) in [7, 11) is 1.58. The predicted molar refractivity (Wildman–Crippen MR) is 141 cm³/mol. The minimum atomic E-state index is -0.924. The van der Waals surface area contributed by atoms with E-state index < -0.39 is 11.6 Å². The summed E-state index contributed by atoms with van der Waals surface area (Å²) in [6.45, 7) is 5.98. The van der Waals surface area contributed by atoms with Crippen molar-refractivity contribution in [1.82, 2.24) is 30.2 Å². The van der Waals surface area contributed by atoms with Crippen LogP contribution < -0.4 is 10.1 Å². The number of amides is 2. The molecule has 0 saturated heterocycles. The van der Waals surface area contributed by atoms with Gasteiger partial charge in [0.25, 0.3) is 0 Å². The van der Waals surface area contributed by atoms with E-state index in [0.29, 0.717) is 16.8 Å². The third kappa shape index (κ3) is 5.94. The fourth-order valence-corrected chi connectivity index (χ4v) is 4.09. The first-order valence-corrected chi connectivity index (χ1v) is 12.2. The van der Waals surface area contributed by atoms with E-state index >= 15 is 0 Å². The normalized spacial score (nSPS) is 12.2. The van der Waals surface area contributed by atoms with Gasteiger partial charge in [-0.15, -0.1) is 5.10 Å². The number of carbonyl (C=O) groups excluding carboxylic acids is 2. The Morgan fingerprint density at radius 1 is 1.08 bits per heavy atom. The number of fused-ring (bicyclic) bond motifs is 1.